The van der Waals surface area contributed by atoms with E-state index in [4.69, 9.17) is 5.73 Å². The molecule has 0 saturated carbocycles. The zero-order chi connectivity index (χ0) is 10.4. The third kappa shape index (κ3) is 3.91. The number of terminal acetylenes is 1. The van der Waals surface area contributed by atoms with E-state index in [1.807, 2.05) is 24.3 Å². The topological polar surface area (TPSA) is 26.0 Å². The number of rotatable bonds is 0. The lowest BCUT2D eigenvalue weighted by atomic mass is 10.1. The average molecular weight is 228 g/mol. The summed E-state index contributed by atoms with van der Waals surface area (Å²) in [6.45, 7) is 0.347. The molecule has 0 fully saturated rings. The lowest BCUT2D eigenvalue weighted by molar-refractivity contribution is 0.344. The quantitative estimate of drug-likeness (QED) is 0.678. The van der Waals surface area contributed by atoms with Crippen molar-refractivity contribution in [3.8, 4) is 12.3 Å². The standard InChI is InChI=1S/C9H9F.C3H5N.ClH/c10-9-6-5-7-3-1-2-4-8(7)9;1-2-3-4;/h1-4,9H,5-6H2;1H,3-4H2;1H. The van der Waals surface area contributed by atoms with Gasteiger partial charge >= 0.3 is 0 Å². The van der Waals surface area contributed by atoms with Crippen molar-refractivity contribution in [3.63, 3.8) is 0 Å². The molecule has 0 radical (unpaired) electrons. The summed E-state index contributed by atoms with van der Waals surface area (Å²) in [6, 6.07) is 7.76. The van der Waals surface area contributed by atoms with Gasteiger partial charge in [-0.1, -0.05) is 30.2 Å². The van der Waals surface area contributed by atoms with Crippen molar-refractivity contribution >= 4 is 12.4 Å². The van der Waals surface area contributed by atoms with Crippen LogP contribution in [-0.4, -0.2) is 6.54 Å². The molecule has 0 spiro atoms. The molecular weight excluding hydrogens is 213 g/mol. The third-order valence-corrected chi connectivity index (χ3v) is 2.18. The number of benzene rings is 1. The molecule has 0 aromatic heterocycles. The molecule has 1 aromatic carbocycles. The number of halogens is 2. The fraction of sp³-hybridized carbons (Fsp3) is 0.333. The van der Waals surface area contributed by atoms with E-state index >= 15 is 0 Å². The highest BCUT2D eigenvalue weighted by Crippen LogP contribution is 2.33. The molecule has 1 aliphatic rings. The van der Waals surface area contributed by atoms with Crippen LogP contribution in [-0.2, 0) is 6.42 Å². The number of hydrogen-bond donors (Lipinski definition) is 1. The summed E-state index contributed by atoms with van der Waals surface area (Å²) < 4.78 is 12.9. The summed E-state index contributed by atoms with van der Waals surface area (Å²) in [5, 5.41) is 0. The molecule has 1 atom stereocenters. The van der Waals surface area contributed by atoms with E-state index in [0.717, 1.165) is 12.0 Å². The first-order valence-corrected chi connectivity index (χ1v) is 4.65. The van der Waals surface area contributed by atoms with Crippen molar-refractivity contribution < 1.29 is 4.39 Å². The van der Waals surface area contributed by atoms with Crippen LogP contribution in [0.1, 0.15) is 23.7 Å². The molecule has 0 aliphatic heterocycles. The number of aryl methyl sites for hydroxylation is 1. The Morgan fingerprint density at radius 2 is 2.07 bits per heavy atom. The van der Waals surface area contributed by atoms with Crippen LogP contribution in [0, 0.1) is 12.3 Å². The maximum absolute atomic E-state index is 12.9. The van der Waals surface area contributed by atoms with E-state index in [1.165, 1.54) is 5.56 Å². The minimum atomic E-state index is -0.698. The SMILES string of the molecule is C#CCN.Cl.FC1CCc2ccccc21. The van der Waals surface area contributed by atoms with E-state index in [1.54, 1.807) is 0 Å². The number of alkyl halides is 1. The van der Waals surface area contributed by atoms with Gasteiger partial charge in [0.1, 0.15) is 6.17 Å². The van der Waals surface area contributed by atoms with Crippen LogP contribution in [0.2, 0.25) is 0 Å². The molecule has 2 N–H and O–H groups in total. The second kappa shape index (κ2) is 7.28. The van der Waals surface area contributed by atoms with Crippen LogP contribution < -0.4 is 5.73 Å². The minimum Gasteiger partial charge on any atom is -0.320 e. The maximum Gasteiger partial charge on any atom is 0.126 e. The van der Waals surface area contributed by atoms with E-state index < -0.39 is 6.17 Å². The second-order valence-corrected chi connectivity index (χ2v) is 3.11. The van der Waals surface area contributed by atoms with Gasteiger partial charge in [-0.2, -0.15) is 0 Å². The molecule has 1 aromatic rings. The summed E-state index contributed by atoms with van der Waals surface area (Å²) in [5.74, 6) is 2.21. The highest BCUT2D eigenvalue weighted by atomic mass is 35.5. The molecule has 82 valence electrons. The normalized spacial score (nSPS) is 16.5. The highest BCUT2D eigenvalue weighted by Gasteiger charge is 2.20. The van der Waals surface area contributed by atoms with Gasteiger partial charge in [0, 0.05) is 0 Å². The number of hydrogen-bond acceptors (Lipinski definition) is 1. The first-order chi connectivity index (χ1) is 6.79. The van der Waals surface area contributed by atoms with Gasteiger partial charge in [-0.25, -0.2) is 4.39 Å². The Morgan fingerprint density at radius 3 is 2.60 bits per heavy atom. The predicted molar refractivity (Wildman–Crippen MR) is 63.7 cm³/mol. The largest absolute Gasteiger partial charge is 0.320 e. The van der Waals surface area contributed by atoms with E-state index in [2.05, 4.69) is 12.3 Å². The van der Waals surface area contributed by atoms with Gasteiger partial charge in [0.15, 0.2) is 0 Å². The van der Waals surface area contributed by atoms with E-state index in [0.29, 0.717) is 13.0 Å². The van der Waals surface area contributed by atoms with Gasteiger partial charge in [-0.15, -0.1) is 18.8 Å². The molecule has 1 aliphatic carbocycles. The summed E-state index contributed by atoms with van der Waals surface area (Å²) >= 11 is 0. The Hall–Kier alpha value is -1.04. The third-order valence-electron chi connectivity index (χ3n) is 2.18. The molecule has 0 bridgehead atoms. The van der Waals surface area contributed by atoms with Gasteiger partial charge in [0.2, 0.25) is 0 Å². The lowest BCUT2D eigenvalue weighted by Gasteiger charge is -1.97. The first kappa shape index (κ1) is 14.0. The van der Waals surface area contributed by atoms with Crippen LogP contribution in [0.15, 0.2) is 24.3 Å². The Morgan fingerprint density at radius 1 is 1.47 bits per heavy atom. The second-order valence-electron chi connectivity index (χ2n) is 3.11. The lowest BCUT2D eigenvalue weighted by Crippen LogP contribution is -1.91. The van der Waals surface area contributed by atoms with Gasteiger partial charge in [-0.05, 0) is 24.0 Å². The highest BCUT2D eigenvalue weighted by molar-refractivity contribution is 5.85. The monoisotopic (exact) mass is 227 g/mol. The Bertz CT molecular complexity index is 333. The summed E-state index contributed by atoms with van der Waals surface area (Å²) in [5.41, 5.74) is 6.89. The molecular formula is C12H15ClFN. The van der Waals surface area contributed by atoms with Crippen molar-refractivity contribution in [2.45, 2.75) is 19.0 Å². The molecule has 15 heavy (non-hydrogen) atoms. The Balaban J connectivity index is 0.000000346. The Labute approximate surface area is 96.3 Å². The molecule has 1 unspecified atom stereocenters. The van der Waals surface area contributed by atoms with Gasteiger partial charge in [0.05, 0.1) is 6.54 Å². The van der Waals surface area contributed by atoms with Gasteiger partial charge < -0.3 is 5.73 Å². The minimum absolute atomic E-state index is 0. The van der Waals surface area contributed by atoms with Crippen LogP contribution in [0.3, 0.4) is 0 Å². The van der Waals surface area contributed by atoms with Crippen molar-refractivity contribution in [1.29, 1.82) is 0 Å². The molecule has 0 saturated heterocycles. The first-order valence-electron chi connectivity index (χ1n) is 4.65. The predicted octanol–water partition coefficient (Wildman–Crippen LogP) is 2.64. The number of fused-ring (bicyclic) bond motifs is 1. The van der Waals surface area contributed by atoms with Crippen LogP contribution >= 0.6 is 12.4 Å². The van der Waals surface area contributed by atoms with Crippen molar-refractivity contribution in [1.82, 2.24) is 0 Å². The zero-order valence-corrected chi connectivity index (χ0v) is 9.27. The zero-order valence-electron chi connectivity index (χ0n) is 8.45. The van der Waals surface area contributed by atoms with E-state index in [9.17, 15) is 4.39 Å². The molecule has 0 amide bonds. The number of nitrogens with two attached hydrogens (primary N) is 1. The summed E-state index contributed by atoms with van der Waals surface area (Å²) in [6.07, 6.45) is 5.55. The molecule has 0 heterocycles. The Kier molecular flexibility index (Phi) is 6.77. The molecule has 1 nitrogen and oxygen atoms in total. The smallest absolute Gasteiger partial charge is 0.126 e. The fourth-order valence-electron chi connectivity index (χ4n) is 1.51. The van der Waals surface area contributed by atoms with Gasteiger partial charge in [0.25, 0.3) is 0 Å². The summed E-state index contributed by atoms with van der Waals surface area (Å²) in [7, 11) is 0. The molecule has 2 rings (SSSR count). The summed E-state index contributed by atoms with van der Waals surface area (Å²) in [4.78, 5) is 0. The van der Waals surface area contributed by atoms with E-state index in [-0.39, 0.29) is 12.4 Å². The van der Waals surface area contributed by atoms with Gasteiger partial charge in [-0.3, -0.25) is 0 Å². The van der Waals surface area contributed by atoms with Crippen LogP contribution in [0.4, 0.5) is 4.39 Å². The molecule has 3 heteroatoms. The fourth-order valence-corrected chi connectivity index (χ4v) is 1.51. The maximum atomic E-state index is 12.9. The average Bonchev–Trinajstić information content (AvgIpc) is 2.62. The van der Waals surface area contributed by atoms with Crippen molar-refractivity contribution in [2.75, 3.05) is 6.54 Å². The van der Waals surface area contributed by atoms with Crippen molar-refractivity contribution in [3.05, 3.63) is 35.4 Å². The van der Waals surface area contributed by atoms with Crippen LogP contribution in [0.25, 0.3) is 0 Å². The van der Waals surface area contributed by atoms with Crippen LogP contribution in [0.5, 0.6) is 0 Å². The van der Waals surface area contributed by atoms with Crippen molar-refractivity contribution in [2.24, 2.45) is 5.73 Å².